The fourth-order valence-electron chi connectivity index (χ4n) is 1.27. The van der Waals surface area contributed by atoms with Crippen LogP contribution in [0.15, 0.2) is 27.3 Å². The Morgan fingerprint density at radius 3 is 2.75 bits per heavy atom. The van der Waals surface area contributed by atoms with Crippen LogP contribution in [0.25, 0.3) is 0 Å². The molecule has 0 bridgehead atoms. The van der Waals surface area contributed by atoms with E-state index < -0.39 is 0 Å². The van der Waals surface area contributed by atoms with Crippen molar-refractivity contribution in [3.05, 3.63) is 22.3 Å². The molecular weight excluding hydrogens is 218 g/mol. The Hall–Kier alpha value is -0.180. The van der Waals surface area contributed by atoms with Gasteiger partial charge in [0.25, 0.3) is 0 Å². The van der Waals surface area contributed by atoms with Crippen LogP contribution < -0.4 is 5.32 Å². The Bertz CT molecular complexity index is 306. The maximum absolute atomic E-state index is 5.94. The molecule has 0 aromatic carbocycles. The monoisotopic (exact) mass is 222 g/mol. The van der Waals surface area contributed by atoms with E-state index in [1.54, 1.807) is 12.3 Å². The fraction of sp³-hybridized carbons (Fsp3) is 0.286. The van der Waals surface area contributed by atoms with Crippen LogP contribution in [0.3, 0.4) is 0 Å². The van der Waals surface area contributed by atoms with Gasteiger partial charge >= 0.3 is 0 Å². The molecule has 0 aromatic rings. The molecule has 0 fully saturated rings. The average molecular weight is 223 g/mol. The van der Waals surface area contributed by atoms with Crippen LogP contribution >= 0.6 is 34.8 Å². The minimum absolute atomic E-state index is 0.0455. The highest BCUT2D eigenvalue weighted by Crippen LogP contribution is 2.36. The molecule has 0 saturated heterocycles. The van der Waals surface area contributed by atoms with Gasteiger partial charge in [-0.1, -0.05) is 34.8 Å². The number of hydrogen-bond donors (Lipinski definition) is 1. The van der Waals surface area contributed by atoms with Crippen molar-refractivity contribution < 1.29 is 0 Å². The molecule has 2 rings (SSSR count). The molecule has 0 radical (unpaired) electrons. The van der Waals surface area contributed by atoms with E-state index in [4.69, 9.17) is 34.8 Å². The molecule has 0 amide bonds. The summed E-state index contributed by atoms with van der Waals surface area (Å²) in [7, 11) is 0. The third-order valence-electron chi connectivity index (χ3n) is 1.82. The van der Waals surface area contributed by atoms with E-state index in [1.165, 1.54) is 0 Å². The number of rotatable bonds is 0. The molecule has 12 heavy (non-hydrogen) atoms. The Morgan fingerprint density at radius 1 is 1.25 bits per heavy atom. The minimum atomic E-state index is -0.123. The lowest BCUT2D eigenvalue weighted by Gasteiger charge is -2.20. The molecule has 64 valence electrons. The number of fused-ring (bicyclic) bond motifs is 1. The molecule has 1 N–H and O–H groups in total. The van der Waals surface area contributed by atoms with Crippen molar-refractivity contribution in [1.29, 1.82) is 0 Å². The van der Waals surface area contributed by atoms with Gasteiger partial charge in [-0.05, 0) is 6.08 Å². The maximum atomic E-state index is 5.94. The smallest absolute Gasteiger partial charge is 0.132 e. The molecule has 2 heterocycles. The van der Waals surface area contributed by atoms with E-state index in [2.05, 4.69) is 10.3 Å². The second-order valence-electron chi connectivity index (χ2n) is 2.60. The topological polar surface area (TPSA) is 24.4 Å². The molecular formula is C7H5Cl3N2. The number of nitrogens with zero attached hydrogens (tertiary/aromatic N) is 1. The van der Waals surface area contributed by atoms with Crippen LogP contribution in [0, 0.1) is 5.92 Å². The number of hydrogen-bond acceptors (Lipinski definition) is 2. The first-order valence-electron chi connectivity index (χ1n) is 3.40. The summed E-state index contributed by atoms with van der Waals surface area (Å²) >= 11 is 17.5. The quantitative estimate of drug-likeness (QED) is 0.670. The highest BCUT2D eigenvalue weighted by Gasteiger charge is 2.33. The summed E-state index contributed by atoms with van der Waals surface area (Å²) in [5.41, 5.74) is 0. The molecule has 2 atom stereocenters. The van der Waals surface area contributed by atoms with Crippen molar-refractivity contribution in [2.75, 3.05) is 0 Å². The fourth-order valence-corrected chi connectivity index (χ4v) is 2.24. The molecule has 2 unspecified atom stereocenters. The SMILES string of the molecule is ClC1=CNC2N=C(Cl)C=C(Cl)C12. The molecule has 2 aliphatic heterocycles. The van der Waals surface area contributed by atoms with Gasteiger partial charge in [-0.3, -0.25) is 0 Å². The zero-order chi connectivity index (χ0) is 8.72. The molecule has 2 nitrogen and oxygen atoms in total. The van der Waals surface area contributed by atoms with Crippen LogP contribution in [0.4, 0.5) is 0 Å². The number of nitrogens with one attached hydrogen (secondary N) is 1. The molecule has 2 aliphatic rings. The second kappa shape index (κ2) is 2.95. The summed E-state index contributed by atoms with van der Waals surface area (Å²) in [5, 5.41) is 4.69. The van der Waals surface area contributed by atoms with E-state index in [0.717, 1.165) is 0 Å². The van der Waals surface area contributed by atoms with Crippen LogP contribution in [0.2, 0.25) is 0 Å². The van der Waals surface area contributed by atoms with Gasteiger partial charge in [0.05, 0.1) is 5.92 Å². The van der Waals surface area contributed by atoms with Crippen molar-refractivity contribution in [2.24, 2.45) is 10.9 Å². The first-order chi connectivity index (χ1) is 5.68. The summed E-state index contributed by atoms with van der Waals surface area (Å²) in [5.74, 6) is -0.0455. The molecule has 0 spiro atoms. The van der Waals surface area contributed by atoms with Gasteiger partial charge in [0.1, 0.15) is 11.3 Å². The third-order valence-corrected chi connectivity index (χ3v) is 2.72. The zero-order valence-corrected chi connectivity index (χ0v) is 8.16. The highest BCUT2D eigenvalue weighted by atomic mass is 35.5. The van der Waals surface area contributed by atoms with Crippen molar-refractivity contribution in [3.8, 4) is 0 Å². The van der Waals surface area contributed by atoms with E-state index in [-0.39, 0.29) is 12.1 Å². The Labute approximate surface area is 84.9 Å². The summed E-state index contributed by atoms with van der Waals surface area (Å²) in [6.45, 7) is 0. The van der Waals surface area contributed by atoms with Crippen molar-refractivity contribution >= 4 is 40.0 Å². The lowest BCUT2D eigenvalue weighted by atomic mass is 10.1. The standard InChI is InChI=1S/C7H5Cl3N2/c8-3-1-5(10)12-7-6(3)4(9)2-11-7/h1-2,6-7,11H. The lowest BCUT2D eigenvalue weighted by Crippen LogP contribution is -2.28. The van der Waals surface area contributed by atoms with Gasteiger partial charge in [0.15, 0.2) is 0 Å². The van der Waals surface area contributed by atoms with Gasteiger partial charge in [-0.15, -0.1) is 0 Å². The Kier molecular flexibility index (Phi) is 2.07. The molecule has 0 aromatic heterocycles. The first-order valence-corrected chi connectivity index (χ1v) is 4.54. The van der Waals surface area contributed by atoms with E-state index >= 15 is 0 Å². The number of aliphatic imine (C=N–C) groups is 1. The van der Waals surface area contributed by atoms with E-state index in [0.29, 0.717) is 15.2 Å². The van der Waals surface area contributed by atoms with Crippen LogP contribution in [0.1, 0.15) is 0 Å². The van der Waals surface area contributed by atoms with Crippen LogP contribution in [-0.4, -0.2) is 11.3 Å². The van der Waals surface area contributed by atoms with Crippen molar-refractivity contribution in [1.82, 2.24) is 5.32 Å². The van der Waals surface area contributed by atoms with Crippen LogP contribution in [-0.2, 0) is 0 Å². The van der Waals surface area contributed by atoms with Gasteiger partial charge in [0.2, 0.25) is 0 Å². The van der Waals surface area contributed by atoms with Crippen molar-refractivity contribution in [3.63, 3.8) is 0 Å². The summed E-state index contributed by atoms with van der Waals surface area (Å²) in [6, 6.07) is 0. The van der Waals surface area contributed by atoms with Gasteiger partial charge in [-0.25, -0.2) is 4.99 Å². The molecule has 0 aliphatic carbocycles. The van der Waals surface area contributed by atoms with Crippen LogP contribution in [0.5, 0.6) is 0 Å². The lowest BCUT2D eigenvalue weighted by molar-refractivity contribution is 0.560. The summed E-state index contributed by atoms with van der Waals surface area (Å²) in [4.78, 5) is 4.12. The maximum Gasteiger partial charge on any atom is 0.132 e. The number of halogens is 3. The molecule has 5 heteroatoms. The van der Waals surface area contributed by atoms with E-state index in [9.17, 15) is 0 Å². The summed E-state index contributed by atoms with van der Waals surface area (Å²) in [6.07, 6.45) is 3.20. The van der Waals surface area contributed by atoms with Gasteiger partial charge < -0.3 is 5.32 Å². The second-order valence-corrected chi connectivity index (χ2v) is 3.86. The Morgan fingerprint density at radius 2 is 2.00 bits per heavy atom. The highest BCUT2D eigenvalue weighted by molar-refractivity contribution is 6.69. The Balaban J connectivity index is 2.35. The first kappa shape index (κ1) is 8.42. The normalized spacial score (nSPS) is 33.1. The number of allylic oxidation sites excluding steroid dienone is 1. The van der Waals surface area contributed by atoms with Crippen molar-refractivity contribution in [2.45, 2.75) is 6.17 Å². The number of dihydropyridines is 1. The zero-order valence-electron chi connectivity index (χ0n) is 5.89. The molecule has 0 saturated carbocycles. The third kappa shape index (κ3) is 1.24. The average Bonchev–Trinajstić information content (AvgIpc) is 2.31. The largest absolute Gasteiger partial charge is 0.368 e. The van der Waals surface area contributed by atoms with E-state index in [1.807, 2.05) is 0 Å². The minimum Gasteiger partial charge on any atom is -0.368 e. The predicted molar refractivity (Wildman–Crippen MR) is 51.6 cm³/mol. The van der Waals surface area contributed by atoms with Gasteiger partial charge in [-0.2, -0.15) is 0 Å². The van der Waals surface area contributed by atoms with Gasteiger partial charge in [0, 0.05) is 16.3 Å². The predicted octanol–water partition coefficient (Wildman–Crippen LogP) is 2.39. The summed E-state index contributed by atoms with van der Waals surface area (Å²) < 4.78 is 0.